The van der Waals surface area contributed by atoms with Gasteiger partial charge in [-0.2, -0.15) is 5.26 Å². The zero-order valence-corrected chi connectivity index (χ0v) is 17.2. The Hall–Kier alpha value is -4.64. The molecule has 2 N–H and O–H groups in total. The second kappa shape index (κ2) is 6.96. The van der Waals surface area contributed by atoms with Gasteiger partial charge in [-0.3, -0.25) is 19.1 Å². The number of rotatable bonds is 2. The molecule has 8 nitrogen and oxygen atoms in total. The average Bonchev–Trinajstić information content (AvgIpc) is 3.29. The summed E-state index contributed by atoms with van der Waals surface area (Å²) in [7, 11) is 0. The van der Waals surface area contributed by atoms with E-state index in [0.717, 1.165) is 5.56 Å². The van der Waals surface area contributed by atoms with Gasteiger partial charge in [0.05, 0.1) is 22.3 Å². The first-order valence-electron chi connectivity index (χ1n) is 9.87. The second-order valence-corrected chi connectivity index (χ2v) is 7.59. The predicted molar refractivity (Wildman–Crippen MR) is 120 cm³/mol. The van der Waals surface area contributed by atoms with Crippen LogP contribution in [0.1, 0.15) is 22.3 Å². The fraction of sp³-hybridized carbons (Fsp3) is 0.0833. The number of benzene rings is 2. The number of aromatic amines is 1. The molecule has 32 heavy (non-hydrogen) atoms. The summed E-state index contributed by atoms with van der Waals surface area (Å²) in [6.45, 7) is 3.53. The molecule has 8 heteroatoms. The molecule has 0 saturated carbocycles. The quantitative estimate of drug-likeness (QED) is 0.451. The normalized spacial score (nSPS) is 12.0. The zero-order chi connectivity index (χ0) is 22.6. The molecule has 0 spiro atoms. The van der Waals surface area contributed by atoms with Crippen molar-refractivity contribution in [2.75, 3.05) is 0 Å². The van der Waals surface area contributed by atoms with Gasteiger partial charge in [-0.05, 0) is 55.3 Å². The molecule has 3 heterocycles. The number of aromatic nitrogens is 4. The van der Waals surface area contributed by atoms with Crippen molar-refractivity contribution < 1.29 is 5.11 Å². The summed E-state index contributed by atoms with van der Waals surface area (Å²) in [6.07, 6.45) is 1.33. The molecule has 5 rings (SSSR count). The van der Waals surface area contributed by atoms with E-state index in [9.17, 15) is 20.0 Å². The van der Waals surface area contributed by atoms with Crippen molar-refractivity contribution >= 4 is 22.8 Å². The first-order chi connectivity index (χ1) is 15.4. The summed E-state index contributed by atoms with van der Waals surface area (Å²) in [4.78, 5) is 30.5. The number of imidazole rings is 1. The molecule has 0 aliphatic carbocycles. The monoisotopic (exact) mass is 423 g/mol. The highest BCUT2D eigenvalue weighted by atomic mass is 16.3. The number of nitriles is 1. The molecule has 0 aliphatic heterocycles. The van der Waals surface area contributed by atoms with Crippen LogP contribution in [0.25, 0.3) is 28.4 Å². The number of nitrogens with one attached hydrogen (secondary N) is 1. The minimum atomic E-state index is -0.558. The number of hydrogen-bond donors (Lipinski definition) is 2. The van der Waals surface area contributed by atoms with Crippen LogP contribution >= 0.6 is 0 Å². The van der Waals surface area contributed by atoms with Crippen molar-refractivity contribution in [2.24, 2.45) is 0 Å². The van der Waals surface area contributed by atoms with E-state index < -0.39 is 11.1 Å². The van der Waals surface area contributed by atoms with Gasteiger partial charge in [0.2, 0.25) is 5.88 Å². The SMILES string of the molecule is Cc1cccc(-n2[nH]c(=O)c(/C=c3\c(C)c(C#N)c4nc5ccccc5n4c3=O)c2O)c1. The van der Waals surface area contributed by atoms with Gasteiger partial charge >= 0.3 is 0 Å². The Bertz CT molecular complexity index is 1770. The van der Waals surface area contributed by atoms with Gasteiger partial charge < -0.3 is 5.11 Å². The molecule has 0 radical (unpaired) electrons. The topological polar surface area (TPSA) is 116 Å². The maximum Gasteiger partial charge on any atom is 0.275 e. The molecule has 2 aromatic carbocycles. The van der Waals surface area contributed by atoms with E-state index in [0.29, 0.717) is 22.3 Å². The fourth-order valence-electron chi connectivity index (χ4n) is 3.95. The Labute approximate surface area is 180 Å². The first kappa shape index (κ1) is 19.3. The van der Waals surface area contributed by atoms with Crippen LogP contribution in [0.4, 0.5) is 0 Å². The van der Waals surface area contributed by atoms with Crippen LogP contribution < -0.4 is 16.3 Å². The Morgan fingerprint density at radius 1 is 1.12 bits per heavy atom. The van der Waals surface area contributed by atoms with Crippen molar-refractivity contribution in [3.63, 3.8) is 0 Å². The lowest BCUT2D eigenvalue weighted by Gasteiger charge is -2.05. The van der Waals surface area contributed by atoms with Gasteiger partial charge in [-0.25, -0.2) is 9.67 Å². The highest BCUT2D eigenvalue weighted by Crippen LogP contribution is 2.21. The molecule has 156 valence electrons. The molecule has 0 atom stereocenters. The fourth-order valence-corrected chi connectivity index (χ4v) is 3.95. The number of nitrogens with zero attached hydrogens (tertiary/aromatic N) is 4. The number of aryl methyl sites for hydroxylation is 1. The molecule has 0 unspecified atom stereocenters. The predicted octanol–water partition coefficient (Wildman–Crippen LogP) is 2.07. The Balaban J connectivity index is 1.86. The lowest BCUT2D eigenvalue weighted by molar-refractivity contribution is 0.432. The number of H-pyrrole nitrogens is 1. The smallest absolute Gasteiger partial charge is 0.275 e. The van der Waals surface area contributed by atoms with E-state index >= 15 is 0 Å². The van der Waals surface area contributed by atoms with E-state index in [2.05, 4.69) is 16.2 Å². The van der Waals surface area contributed by atoms with Crippen LogP contribution in [-0.2, 0) is 0 Å². The maximum atomic E-state index is 13.4. The van der Waals surface area contributed by atoms with Gasteiger partial charge in [-0.1, -0.05) is 24.3 Å². The Morgan fingerprint density at radius 3 is 2.66 bits per heavy atom. The molecule has 0 fully saturated rings. The summed E-state index contributed by atoms with van der Waals surface area (Å²) in [5, 5.41) is 23.3. The molecule has 5 aromatic rings. The third-order valence-corrected chi connectivity index (χ3v) is 5.57. The van der Waals surface area contributed by atoms with Gasteiger partial charge in [0.15, 0.2) is 5.65 Å². The highest BCUT2D eigenvalue weighted by molar-refractivity contribution is 5.82. The van der Waals surface area contributed by atoms with Crippen LogP contribution in [0, 0.1) is 25.2 Å². The third-order valence-electron chi connectivity index (χ3n) is 5.57. The number of aromatic hydroxyl groups is 1. The van der Waals surface area contributed by atoms with Gasteiger partial charge in [-0.15, -0.1) is 0 Å². The Morgan fingerprint density at radius 2 is 1.91 bits per heavy atom. The summed E-state index contributed by atoms with van der Waals surface area (Å²) >= 11 is 0. The van der Waals surface area contributed by atoms with E-state index in [4.69, 9.17) is 0 Å². The first-order valence-corrected chi connectivity index (χ1v) is 9.87. The van der Waals surface area contributed by atoms with E-state index in [1.165, 1.54) is 15.2 Å². The van der Waals surface area contributed by atoms with Crippen molar-refractivity contribution in [1.29, 1.82) is 5.26 Å². The highest BCUT2D eigenvalue weighted by Gasteiger charge is 2.18. The summed E-state index contributed by atoms with van der Waals surface area (Å²) in [5.74, 6) is -0.325. The van der Waals surface area contributed by atoms with Gasteiger partial charge in [0, 0.05) is 5.22 Å². The number of para-hydroxylation sites is 2. The van der Waals surface area contributed by atoms with Gasteiger partial charge in [0.25, 0.3) is 11.1 Å². The van der Waals surface area contributed by atoms with Crippen LogP contribution in [0.15, 0.2) is 58.1 Å². The lowest BCUT2D eigenvalue weighted by atomic mass is 10.1. The summed E-state index contributed by atoms with van der Waals surface area (Å²) in [5.41, 5.74) is 2.52. The number of fused-ring (bicyclic) bond motifs is 3. The molecule has 3 aromatic heterocycles. The van der Waals surface area contributed by atoms with E-state index in [1.54, 1.807) is 43.3 Å². The second-order valence-electron chi connectivity index (χ2n) is 7.59. The molecule has 0 amide bonds. The molecule has 0 aliphatic rings. The third kappa shape index (κ3) is 2.72. The largest absolute Gasteiger partial charge is 0.493 e. The average molecular weight is 423 g/mol. The molecule has 0 saturated heterocycles. The van der Waals surface area contributed by atoms with Crippen LogP contribution in [-0.4, -0.2) is 24.3 Å². The zero-order valence-electron chi connectivity index (χ0n) is 17.2. The van der Waals surface area contributed by atoms with Crippen LogP contribution in [0.3, 0.4) is 0 Å². The minimum absolute atomic E-state index is 0.0700. The standard InChI is InChI=1S/C24H17N5O3/c1-13-6-5-7-15(10-13)29-24(32)17(22(30)27-29)11-16-14(2)18(12-25)21-26-19-8-3-4-9-20(19)28(21)23(16)31/h3-11,32H,1-2H3,(H,27,30)/b16-11+. The van der Waals surface area contributed by atoms with Crippen molar-refractivity contribution in [1.82, 2.24) is 19.2 Å². The maximum absolute atomic E-state index is 13.4. The van der Waals surface area contributed by atoms with Crippen molar-refractivity contribution in [3.8, 4) is 17.6 Å². The van der Waals surface area contributed by atoms with E-state index in [-0.39, 0.29) is 27.9 Å². The summed E-state index contributed by atoms with van der Waals surface area (Å²) in [6, 6.07) is 16.5. The van der Waals surface area contributed by atoms with Gasteiger partial charge in [0.1, 0.15) is 11.6 Å². The van der Waals surface area contributed by atoms with Crippen LogP contribution in [0.5, 0.6) is 5.88 Å². The molecular weight excluding hydrogens is 406 g/mol. The number of hydrogen-bond acceptors (Lipinski definition) is 5. The number of pyridine rings is 1. The van der Waals surface area contributed by atoms with Crippen molar-refractivity contribution in [2.45, 2.75) is 13.8 Å². The molecular formula is C24H17N5O3. The van der Waals surface area contributed by atoms with Crippen LogP contribution in [0.2, 0.25) is 0 Å². The molecule has 0 bridgehead atoms. The summed E-state index contributed by atoms with van der Waals surface area (Å²) < 4.78 is 2.63. The van der Waals surface area contributed by atoms with E-state index in [1.807, 2.05) is 19.1 Å². The van der Waals surface area contributed by atoms with Crippen molar-refractivity contribution in [3.05, 3.63) is 96.7 Å². The Kier molecular flexibility index (Phi) is 4.20. The minimum Gasteiger partial charge on any atom is -0.493 e. The lowest BCUT2D eigenvalue weighted by Crippen LogP contribution is -2.34.